The third-order valence-corrected chi connectivity index (χ3v) is 4.92. The van der Waals surface area contributed by atoms with E-state index < -0.39 is 0 Å². The monoisotopic (exact) mass is 425 g/mol. The van der Waals surface area contributed by atoms with Crippen molar-refractivity contribution in [2.24, 2.45) is 5.10 Å². The molecule has 0 spiro atoms. The zero-order valence-corrected chi connectivity index (χ0v) is 17.9. The van der Waals surface area contributed by atoms with E-state index in [2.05, 4.69) is 56.9 Å². The number of aromatic nitrogens is 3. The van der Waals surface area contributed by atoms with Gasteiger partial charge in [-0.15, -0.1) is 0 Å². The minimum Gasteiger partial charge on any atom is -0.489 e. The Morgan fingerprint density at radius 3 is 2.47 bits per heavy atom. The van der Waals surface area contributed by atoms with Gasteiger partial charge in [-0.1, -0.05) is 29.8 Å². The Balaban J connectivity index is 1.36. The number of pyridine rings is 1. The molecule has 0 aliphatic rings. The predicted molar refractivity (Wildman–Crippen MR) is 123 cm³/mol. The van der Waals surface area contributed by atoms with Crippen LogP contribution >= 0.6 is 0 Å². The van der Waals surface area contributed by atoms with Crippen molar-refractivity contribution in [1.82, 2.24) is 20.6 Å². The molecule has 0 aliphatic carbocycles. The second-order valence-electron chi connectivity index (χ2n) is 7.34. The van der Waals surface area contributed by atoms with Crippen LogP contribution in [0.1, 0.15) is 34.1 Å². The van der Waals surface area contributed by atoms with E-state index in [9.17, 15) is 4.79 Å². The number of benzene rings is 2. The van der Waals surface area contributed by atoms with E-state index >= 15 is 0 Å². The van der Waals surface area contributed by atoms with Crippen molar-refractivity contribution in [3.63, 3.8) is 0 Å². The van der Waals surface area contributed by atoms with Crippen molar-refractivity contribution in [3.8, 4) is 17.0 Å². The minimum atomic E-state index is -0.366. The number of hydrogen-bond donors (Lipinski definition) is 2. The summed E-state index contributed by atoms with van der Waals surface area (Å²) in [4.78, 5) is 16.4. The average molecular weight is 425 g/mol. The van der Waals surface area contributed by atoms with E-state index in [-0.39, 0.29) is 5.91 Å². The van der Waals surface area contributed by atoms with Gasteiger partial charge in [0, 0.05) is 23.5 Å². The SMILES string of the molecule is CC(=NNC(=O)c1cc(-c2ccc(OCc3ccc(C)cc3)cc2)n[nH]1)c1ccncc1. The van der Waals surface area contributed by atoms with Crippen molar-refractivity contribution >= 4 is 11.6 Å². The molecule has 0 aliphatic heterocycles. The zero-order valence-electron chi connectivity index (χ0n) is 17.9. The summed E-state index contributed by atoms with van der Waals surface area (Å²) >= 11 is 0. The number of hydrogen-bond acceptors (Lipinski definition) is 5. The highest BCUT2D eigenvalue weighted by atomic mass is 16.5. The molecule has 4 rings (SSSR count). The van der Waals surface area contributed by atoms with Crippen LogP contribution in [-0.4, -0.2) is 26.8 Å². The van der Waals surface area contributed by atoms with Crippen molar-refractivity contribution in [1.29, 1.82) is 0 Å². The van der Waals surface area contributed by atoms with Gasteiger partial charge >= 0.3 is 0 Å². The Kier molecular flexibility index (Phi) is 6.36. The largest absolute Gasteiger partial charge is 0.489 e. The van der Waals surface area contributed by atoms with Gasteiger partial charge in [-0.3, -0.25) is 14.9 Å². The maximum absolute atomic E-state index is 12.4. The number of aromatic amines is 1. The predicted octanol–water partition coefficient (Wildman–Crippen LogP) is 4.51. The van der Waals surface area contributed by atoms with Gasteiger partial charge in [0.1, 0.15) is 18.1 Å². The Morgan fingerprint density at radius 2 is 1.75 bits per heavy atom. The summed E-state index contributed by atoms with van der Waals surface area (Å²) in [5.41, 5.74) is 8.31. The van der Waals surface area contributed by atoms with Gasteiger partial charge in [-0.2, -0.15) is 10.2 Å². The fourth-order valence-electron chi connectivity index (χ4n) is 3.01. The van der Waals surface area contributed by atoms with Gasteiger partial charge in [0.15, 0.2) is 0 Å². The summed E-state index contributed by atoms with van der Waals surface area (Å²) in [5.74, 6) is 0.402. The lowest BCUT2D eigenvalue weighted by Crippen LogP contribution is -2.19. The first kappa shape index (κ1) is 21.0. The minimum absolute atomic E-state index is 0.325. The summed E-state index contributed by atoms with van der Waals surface area (Å²) in [5, 5.41) is 11.1. The number of carbonyl (C=O) groups is 1. The van der Waals surface area contributed by atoms with Crippen LogP contribution in [0.5, 0.6) is 5.75 Å². The molecule has 2 N–H and O–H groups in total. The van der Waals surface area contributed by atoms with Crippen molar-refractivity contribution in [3.05, 3.63) is 102 Å². The van der Waals surface area contributed by atoms with Crippen LogP contribution < -0.4 is 10.2 Å². The smallest absolute Gasteiger partial charge is 0.289 e. The molecular formula is C25H23N5O2. The van der Waals surface area contributed by atoms with E-state index in [1.54, 1.807) is 18.5 Å². The van der Waals surface area contributed by atoms with Gasteiger partial charge in [0.2, 0.25) is 0 Å². The van der Waals surface area contributed by atoms with E-state index in [1.165, 1.54) is 5.56 Å². The van der Waals surface area contributed by atoms with Crippen molar-refractivity contribution < 1.29 is 9.53 Å². The highest BCUT2D eigenvalue weighted by molar-refractivity contribution is 6.00. The Labute approximate surface area is 186 Å². The molecule has 2 aromatic carbocycles. The van der Waals surface area contributed by atoms with Gasteiger partial charge in [-0.05, 0) is 61.9 Å². The zero-order chi connectivity index (χ0) is 22.3. The molecular weight excluding hydrogens is 402 g/mol. The fraction of sp³-hybridized carbons (Fsp3) is 0.120. The lowest BCUT2D eigenvalue weighted by atomic mass is 10.1. The number of ether oxygens (including phenoxy) is 1. The molecule has 0 unspecified atom stereocenters. The topological polar surface area (TPSA) is 92.3 Å². The number of rotatable bonds is 7. The van der Waals surface area contributed by atoms with Crippen molar-refractivity contribution in [2.45, 2.75) is 20.5 Å². The third kappa shape index (κ3) is 5.26. The number of H-pyrrole nitrogens is 1. The maximum Gasteiger partial charge on any atom is 0.289 e. The molecule has 0 fully saturated rings. The van der Waals surface area contributed by atoms with E-state index in [1.807, 2.05) is 43.3 Å². The molecule has 32 heavy (non-hydrogen) atoms. The van der Waals surface area contributed by atoms with Crippen LogP contribution in [-0.2, 0) is 6.61 Å². The quantitative estimate of drug-likeness (QED) is 0.337. The van der Waals surface area contributed by atoms with Crippen LogP contribution in [0.2, 0.25) is 0 Å². The molecule has 0 radical (unpaired) electrons. The summed E-state index contributed by atoms with van der Waals surface area (Å²) in [7, 11) is 0. The van der Waals surface area contributed by atoms with E-state index in [0.29, 0.717) is 23.7 Å². The molecule has 0 bridgehead atoms. The third-order valence-electron chi connectivity index (χ3n) is 4.92. The molecule has 2 aromatic heterocycles. The fourth-order valence-corrected chi connectivity index (χ4v) is 3.01. The molecule has 160 valence electrons. The summed E-state index contributed by atoms with van der Waals surface area (Å²) in [6.45, 7) is 4.38. The molecule has 0 saturated heterocycles. The summed E-state index contributed by atoms with van der Waals surface area (Å²) in [6, 6.07) is 21.2. The molecule has 1 amide bonds. The second-order valence-corrected chi connectivity index (χ2v) is 7.34. The van der Waals surface area contributed by atoms with Crippen LogP contribution in [0.4, 0.5) is 0 Å². The molecule has 0 saturated carbocycles. The lowest BCUT2D eigenvalue weighted by Gasteiger charge is -2.07. The number of nitrogens with zero attached hydrogens (tertiary/aromatic N) is 3. The standard InChI is InChI=1S/C25H23N5O2/c1-17-3-5-19(6-4-17)16-32-22-9-7-21(8-10-22)23-15-24(29-28-23)25(31)30-27-18(2)20-11-13-26-14-12-20/h3-15H,16H2,1-2H3,(H,28,29)(H,30,31). The first-order valence-electron chi connectivity index (χ1n) is 10.2. The van der Waals surface area contributed by atoms with Crippen LogP contribution in [0.25, 0.3) is 11.3 Å². The van der Waals surface area contributed by atoms with E-state index in [0.717, 1.165) is 22.4 Å². The van der Waals surface area contributed by atoms with Gasteiger partial charge < -0.3 is 4.74 Å². The average Bonchev–Trinajstić information content (AvgIpc) is 3.33. The number of carbonyl (C=O) groups excluding carboxylic acids is 1. The highest BCUT2D eigenvalue weighted by Gasteiger charge is 2.11. The number of hydrazone groups is 1. The first-order chi connectivity index (χ1) is 15.6. The van der Waals surface area contributed by atoms with Crippen LogP contribution in [0.3, 0.4) is 0 Å². The normalized spacial score (nSPS) is 11.2. The van der Waals surface area contributed by atoms with Gasteiger partial charge in [0.25, 0.3) is 5.91 Å². The molecule has 2 heterocycles. The second kappa shape index (κ2) is 9.70. The van der Waals surface area contributed by atoms with Crippen LogP contribution in [0, 0.1) is 6.92 Å². The summed E-state index contributed by atoms with van der Waals surface area (Å²) < 4.78 is 5.85. The Bertz CT molecular complexity index is 1210. The molecule has 7 heteroatoms. The molecule has 7 nitrogen and oxygen atoms in total. The molecule has 0 atom stereocenters. The number of amides is 1. The van der Waals surface area contributed by atoms with Gasteiger partial charge in [0.05, 0.1) is 11.4 Å². The molecule has 4 aromatic rings. The van der Waals surface area contributed by atoms with Gasteiger partial charge in [-0.25, -0.2) is 5.43 Å². The number of nitrogens with one attached hydrogen (secondary N) is 2. The number of aryl methyl sites for hydroxylation is 1. The maximum atomic E-state index is 12.4. The van der Waals surface area contributed by atoms with E-state index in [4.69, 9.17) is 4.74 Å². The lowest BCUT2D eigenvalue weighted by molar-refractivity contribution is 0.0950. The summed E-state index contributed by atoms with van der Waals surface area (Å²) in [6.07, 6.45) is 3.35. The van der Waals surface area contributed by atoms with Crippen molar-refractivity contribution in [2.75, 3.05) is 0 Å². The van der Waals surface area contributed by atoms with Crippen LogP contribution in [0.15, 0.2) is 84.2 Å². The Morgan fingerprint density at radius 1 is 1.03 bits per heavy atom. The highest BCUT2D eigenvalue weighted by Crippen LogP contribution is 2.22. The first-order valence-corrected chi connectivity index (χ1v) is 10.2. The Hall–Kier alpha value is -4.26.